The van der Waals surface area contributed by atoms with Crippen molar-refractivity contribution in [2.75, 3.05) is 0 Å². The number of nitrogens with two attached hydrogens (primary N) is 1. The molecule has 0 radical (unpaired) electrons. The molecule has 2 rings (SSSR count). The maximum atomic E-state index is 13.7. The van der Waals surface area contributed by atoms with Crippen LogP contribution in [0.5, 0.6) is 0 Å². The highest BCUT2D eigenvalue weighted by Gasteiger charge is 2.13. The fourth-order valence-corrected chi connectivity index (χ4v) is 2.20. The van der Waals surface area contributed by atoms with Crippen LogP contribution in [0.2, 0.25) is 5.02 Å². The maximum absolute atomic E-state index is 13.7. The lowest BCUT2D eigenvalue weighted by Gasteiger charge is -2.15. The number of hydrogen-bond acceptors (Lipinski definition) is 1. The lowest BCUT2D eigenvalue weighted by atomic mass is 9.96. The van der Waals surface area contributed by atoms with Gasteiger partial charge in [-0.3, -0.25) is 0 Å². The summed E-state index contributed by atoms with van der Waals surface area (Å²) in [4.78, 5) is 0. The van der Waals surface area contributed by atoms with E-state index in [9.17, 15) is 8.78 Å². The van der Waals surface area contributed by atoms with E-state index >= 15 is 0 Å². The van der Waals surface area contributed by atoms with Crippen LogP contribution in [-0.4, -0.2) is 0 Å². The van der Waals surface area contributed by atoms with Gasteiger partial charge in [-0.25, -0.2) is 8.78 Å². The molecule has 0 saturated heterocycles. The van der Waals surface area contributed by atoms with Crippen LogP contribution in [0, 0.1) is 18.6 Å². The highest BCUT2D eigenvalue weighted by atomic mass is 35.5. The quantitative estimate of drug-likeness (QED) is 0.898. The molecule has 0 bridgehead atoms. The van der Waals surface area contributed by atoms with Crippen molar-refractivity contribution in [3.63, 3.8) is 0 Å². The van der Waals surface area contributed by atoms with Crippen LogP contribution in [0.25, 0.3) is 0 Å². The van der Waals surface area contributed by atoms with Gasteiger partial charge in [0.1, 0.15) is 11.6 Å². The average molecular weight is 282 g/mol. The summed E-state index contributed by atoms with van der Waals surface area (Å²) in [6.45, 7) is 1.85. The van der Waals surface area contributed by atoms with Gasteiger partial charge in [-0.05, 0) is 54.3 Å². The molecule has 0 spiro atoms. The molecule has 0 aliphatic heterocycles. The average Bonchev–Trinajstić information content (AvgIpc) is 2.35. The number of halogens is 3. The largest absolute Gasteiger partial charge is 0.324 e. The van der Waals surface area contributed by atoms with Gasteiger partial charge in [0.05, 0.1) is 0 Å². The van der Waals surface area contributed by atoms with Gasteiger partial charge < -0.3 is 5.73 Å². The third-order valence-corrected chi connectivity index (χ3v) is 3.33. The molecule has 0 aliphatic carbocycles. The van der Waals surface area contributed by atoms with E-state index in [2.05, 4.69) is 0 Å². The number of aryl methyl sites for hydroxylation is 1. The molecule has 4 heteroatoms. The Morgan fingerprint density at radius 1 is 1.16 bits per heavy atom. The smallest absolute Gasteiger partial charge is 0.127 e. The summed E-state index contributed by atoms with van der Waals surface area (Å²) >= 11 is 5.70. The zero-order chi connectivity index (χ0) is 14.0. The fourth-order valence-electron chi connectivity index (χ4n) is 2.04. The first-order valence-electron chi connectivity index (χ1n) is 5.93. The van der Waals surface area contributed by atoms with E-state index in [1.807, 2.05) is 6.92 Å². The summed E-state index contributed by atoms with van der Waals surface area (Å²) < 4.78 is 26.9. The molecule has 2 N–H and O–H groups in total. The zero-order valence-electron chi connectivity index (χ0n) is 10.5. The van der Waals surface area contributed by atoms with Crippen molar-refractivity contribution in [3.8, 4) is 0 Å². The molecule has 0 heterocycles. The van der Waals surface area contributed by atoms with Crippen LogP contribution in [0.4, 0.5) is 8.78 Å². The Morgan fingerprint density at radius 3 is 2.58 bits per heavy atom. The molecule has 0 saturated carbocycles. The molecule has 1 atom stereocenters. The van der Waals surface area contributed by atoms with Gasteiger partial charge in [0.15, 0.2) is 0 Å². The summed E-state index contributed by atoms with van der Waals surface area (Å²) in [5.41, 5.74) is 8.09. The Kier molecular flexibility index (Phi) is 4.17. The van der Waals surface area contributed by atoms with Gasteiger partial charge in [0.25, 0.3) is 0 Å². The molecule has 2 aromatic rings. The number of rotatable bonds is 3. The summed E-state index contributed by atoms with van der Waals surface area (Å²) in [5.74, 6) is -0.732. The third kappa shape index (κ3) is 3.31. The zero-order valence-corrected chi connectivity index (χ0v) is 11.2. The van der Waals surface area contributed by atoms with E-state index < -0.39 is 11.9 Å². The predicted octanol–water partition coefficient (Wildman–Crippen LogP) is 4.17. The van der Waals surface area contributed by atoms with Gasteiger partial charge in [0.2, 0.25) is 0 Å². The Hall–Kier alpha value is -1.45. The predicted molar refractivity (Wildman–Crippen MR) is 73.2 cm³/mol. The van der Waals surface area contributed by atoms with E-state index in [1.54, 1.807) is 18.2 Å². The van der Waals surface area contributed by atoms with E-state index in [0.29, 0.717) is 22.6 Å². The van der Waals surface area contributed by atoms with Crippen LogP contribution in [0.1, 0.15) is 22.7 Å². The van der Waals surface area contributed by atoms with Crippen molar-refractivity contribution in [1.29, 1.82) is 0 Å². The molecule has 1 unspecified atom stereocenters. The first-order valence-corrected chi connectivity index (χ1v) is 6.30. The fraction of sp³-hybridized carbons (Fsp3) is 0.200. The molecule has 100 valence electrons. The first kappa shape index (κ1) is 14.0. The van der Waals surface area contributed by atoms with Gasteiger partial charge in [0, 0.05) is 11.1 Å². The molecular formula is C15H14ClF2N. The second-order valence-corrected chi connectivity index (χ2v) is 4.98. The summed E-state index contributed by atoms with van der Waals surface area (Å²) in [7, 11) is 0. The molecule has 19 heavy (non-hydrogen) atoms. The first-order chi connectivity index (χ1) is 8.97. The molecule has 0 amide bonds. The molecule has 1 nitrogen and oxygen atoms in total. The molecule has 0 aromatic heterocycles. The van der Waals surface area contributed by atoms with Crippen molar-refractivity contribution in [2.45, 2.75) is 19.4 Å². The Morgan fingerprint density at radius 2 is 1.89 bits per heavy atom. The van der Waals surface area contributed by atoms with Gasteiger partial charge in [-0.1, -0.05) is 23.7 Å². The normalized spacial score (nSPS) is 12.5. The lowest BCUT2D eigenvalue weighted by molar-refractivity contribution is 0.588. The van der Waals surface area contributed by atoms with Gasteiger partial charge in [-0.2, -0.15) is 0 Å². The van der Waals surface area contributed by atoms with Crippen LogP contribution >= 0.6 is 11.6 Å². The van der Waals surface area contributed by atoms with Crippen LogP contribution < -0.4 is 5.73 Å². The standard InChI is InChI=1S/C15H14ClF2N/c1-9-2-5-12(17)8-13(9)15(19)6-10-3-4-11(16)7-14(10)18/h2-5,7-8,15H,6,19H2,1H3. The topological polar surface area (TPSA) is 26.0 Å². The SMILES string of the molecule is Cc1ccc(F)cc1C(N)Cc1ccc(Cl)cc1F. The lowest BCUT2D eigenvalue weighted by Crippen LogP contribution is -2.15. The summed E-state index contributed by atoms with van der Waals surface area (Å²) in [6, 6.07) is 8.47. The number of hydrogen-bond donors (Lipinski definition) is 1. The van der Waals surface area contributed by atoms with Crippen molar-refractivity contribution < 1.29 is 8.78 Å². The van der Waals surface area contributed by atoms with Crippen LogP contribution in [0.3, 0.4) is 0 Å². The van der Waals surface area contributed by atoms with Crippen molar-refractivity contribution >= 4 is 11.6 Å². The molecule has 0 fully saturated rings. The van der Waals surface area contributed by atoms with E-state index in [4.69, 9.17) is 17.3 Å². The van der Waals surface area contributed by atoms with Crippen LogP contribution in [0.15, 0.2) is 36.4 Å². The minimum Gasteiger partial charge on any atom is -0.324 e. The monoisotopic (exact) mass is 281 g/mol. The molecule has 0 aliphatic rings. The Bertz CT molecular complexity index is 599. The number of benzene rings is 2. The van der Waals surface area contributed by atoms with E-state index in [1.165, 1.54) is 18.2 Å². The van der Waals surface area contributed by atoms with E-state index in [-0.39, 0.29) is 5.82 Å². The van der Waals surface area contributed by atoms with Gasteiger partial charge >= 0.3 is 0 Å². The van der Waals surface area contributed by atoms with Crippen molar-refractivity contribution in [2.24, 2.45) is 5.73 Å². The second kappa shape index (κ2) is 5.68. The molecular weight excluding hydrogens is 268 g/mol. The Balaban J connectivity index is 2.25. The third-order valence-electron chi connectivity index (χ3n) is 3.10. The summed E-state index contributed by atoms with van der Waals surface area (Å²) in [5, 5.41) is 0.344. The minimum absolute atomic E-state index is 0.299. The van der Waals surface area contributed by atoms with E-state index in [0.717, 1.165) is 5.56 Å². The maximum Gasteiger partial charge on any atom is 0.127 e. The highest BCUT2D eigenvalue weighted by molar-refractivity contribution is 6.30. The van der Waals surface area contributed by atoms with Gasteiger partial charge in [-0.15, -0.1) is 0 Å². The van der Waals surface area contributed by atoms with Crippen molar-refractivity contribution in [1.82, 2.24) is 0 Å². The highest BCUT2D eigenvalue weighted by Crippen LogP contribution is 2.23. The minimum atomic E-state index is -0.452. The summed E-state index contributed by atoms with van der Waals surface area (Å²) in [6.07, 6.45) is 0.299. The Labute approximate surface area is 116 Å². The molecule has 2 aromatic carbocycles. The second-order valence-electron chi connectivity index (χ2n) is 4.55. The van der Waals surface area contributed by atoms with Crippen molar-refractivity contribution in [3.05, 3.63) is 69.7 Å². The van der Waals surface area contributed by atoms with Crippen LogP contribution in [-0.2, 0) is 6.42 Å².